The molecule has 1 aromatic carbocycles. The Bertz CT molecular complexity index is 735. The highest BCUT2D eigenvalue weighted by Crippen LogP contribution is 2.38. The SMILES string of the molecule is Cc1cc(C(=O)NCC(O)c2ccccc2Cl)c(C)n1C1CC1. The highest BCUT2D eigenvalue weighted by Gasteiger charge is 2.28. The first-order chi connectivity index (χ1) is 11.0. The van der Waals surface area contributed by atoms with Gasteiger partial charge in [0.15, 0.2) is 0 Å². The molecule has 23 heavy (non-hydrogen) atoms. The minimum atomic E-state index is -0.820. The average molecular weight is 333 g/mol. The molecule has 1 heterocycles. The highest BCUT2D eigenvalue weighted by atomic mass is 35.5. The number of halogens is 1. The van der Waals surface area contributed by atoms with Crippen LogP contribution in [0.5, 0.6) is 0 Å². The van der Waals surface area contributed by atoms with Crippen LogP contribution in [0.15, 0.2) is 30.3 Å². The van der Waals surface area contributed by atoms with Crippen molar-refractivity contribution in [2.75, 3.05) is 6.54 Å². The van der Waals surface area contributed by atoms with E-state index in [1.807, 2.05) is 32.0 Å². The lowest BCUT2D eigenvalue weighted by Crippen LogP contribution is -2.28. The molecule has 1 saturated carbocycles. The standard InChI is InChI=1S/C18H21ClN2O2/c1-11-9-15(12(2)21(11)13-7-8-13)18(23)20-10-17(22)14-5-3-4-6-16(14)19/h3-6,9,13,17,22H,7-8,10H2,1-2H3,(H,20,23). The minimum absolute atomic E-state index is 0.135. The maximum atomic E-state index is 12.4. The predicted octanol–water partition coefficient (Wildman–Crippen LogP) is 3.56. The van der Waals surface area contributed by atoms with Gasteiger partial charge in [-0.05, 0) is 38.8 Å². The molecule has 1 unspecified atom stereocenters. The van der Waals surface area contributed by atoms with E-state index in [1.165, 1.54) is 12.8 Å². The van der Waals surface area contributed by atoms with E-state index in [0.29, 0.717) is 22.2 Å². The zero-order valence-corrected chi connectivity index (χ0v) is 14.1. The van der Waals surface area contributed by atoms with Crippen LogP contribution in [-0.4, -0.2) is 22.1 Å². The molecule has 0 spiro atoms. The van der Waals surface area contributed by atoms with Gasteiger partial charge < -0.3 is 15.0 Å². The molecule has 0 saturated heterocycles. The van der Waals surface area contributed by atoms with Crippen LogP contribution in [0.2, 0.25) is 5.02 Å². The summed E-state index contributed by atoms with van der Waals surface area (Å²) in [5.41, 5.74) is 3.41. The van der Waals surface area contributed by atoms with Gasteiger partial charge in [0, 0.05) is 34.6 Å². The van der Waals surface area contributed by atoms with Crippen LogP contribution in [0.1, 0.15) is 52.3 Å². The molecule has 1 aliphatic rings. The van der Waals surface area contributed by atoms with Gasteiger partial charge in [0.25, 0.3) is 5.91 Å². The van der Waals surface area contributed by atoms with Gasteiger partial charge in [-0.25, -0.2) is 0 Å². The summed E-state index contributed by atoms with van der Waals surface area (Å²) < 4.78 is 2.24. The molecule has 1 atom stereocenters. The van der Waals surface area contributed by atoms with Crippen molar-refractivity contribution in [1.82, 2.24) is 9.88 Å². The number of hydrogen-bond acceptors (Lipinski definition) is 2. The summed E-state index contributed by atoms with van der Waals surface area (Å²) in [5, 5.41) is 13.5. The normalized spacial score (nSPS) is 15.5. The molecule has 5 heteroatoms. The molecule has 2 aromatic rings. The Labute approximate surface area is 141 Å². The Balaban J connectivity index is 1.68. The maximum absolute atomic E-state index is 12.4. The molecule has 0 bridgehead atoms. The lowest BCUT2D eigenvalue weighted by atomic mass is 10.1. The topological polar surface area (TPSA) is 54.3 Å². The van der Waals surface area contributed by atoms with Crippen molar-refractivity contribution < 1.29 is 9.90 Å². The molecular weight excluding hydrogens is 312 g/mol. The molecule has 0 aliphatic heterocycles. The molecule has 0 radical (unpaired) electrons. The summed E-state index contributed by atoms with van der Waals surface area (Å²) in [6, 6.07) is 9.58. The number of benzene rings is 1. The number of aromatic nitrogens is 1. The molecule has 1 fully saturated rings. The predicted molar refractivity (Wildman–Crippen MR) is 90.9 cm³/mol. The number of amides is 1. The fraction of sp³-hybridized carbons (Fsp3) is 0.389. The summed E-state index contributed by atoms with van der Waals surface area (Å²) in [5.74, 6) is -0.156. The quantitative estimate of drug-likeness (QED) is 0.879. The Morgan fingerprint density at radius 1 is 1.39 bits per heavy atom. The van der Waals surface area contributed by atoms with Gasteiger partial charge in [-0.2, -0.15) is 0 Å². The van der Waals surface area contributed by atoms with Gasteiger partial charge in [-0.1, -0.05) is 29.8 Å². The highest BCUT2D eigenvalue weighted by molar-refractivity contribution is 6.31. The lowest BCUT2D eigenvalue weighted by molar-refractivity contribution is 0.0915. The molecule has 3 rings (SSSR count). The van der Waals surface area contributed by atoms with Gasteiger partial charge in [0.2, 0.25) is 0 Å². The summed E-state index contributed by atoms with van der Waals surface area (Å²) in [6.45, 7) is 4.14. The van der Waals surface area contributed by atoms with E-state index in [1.54, 1.807) is 12.1 Å². The van der Waals surface area contributed by atoms with Crippen LogP contribution in [0.25, 0.3) is 0 Å². The number of nitrogens with zero attached hydrogens (tertiary/aromatic N) is 1. The Morgan fingerprint density at radius 3 is 2.74 bits per heavy atom. The average Bonchev–Trinajstić information content (AvgIpc) is 3.30. The van der Waals surface area contributed by atoms with E-state index in [4.69, 9.17) is 11.6 Å². The second kappa shape index (κ2) is 6.38. The molecule has 1 amide bonds. The molecule has 122 valence electrons. The zero-order valence-electron chi connectivity index (χ0n) is 13.3. The number of aryl methyl sites for hydroxylation is 1. The van der Waals surface area contributed by atoms with Gasteiger partial charge in [-0.15, -0.1) is 0 Å². The summed E-state index contributed by atoms with van der Waals surface area (Å²) in [7, 11) is 0. The molecular formula is C18H21ClN2O2. The molecule has 4 nitrogen and oxygen atoms in total. The number of aliphatic hydroxyl groups excluding tert-OH is 1. The second-order valence-electron chi connectivity index (χ2n) is 6.13. The number of rotatable bonds is 5. The van der Waals surface area contributed by atoms with Crippen LogP contribution >= 0.6 is 11.6 Å². The van der Waals surface area contributed by atoms with E-state index >= 15 is 0 Å². The van der Waals surface area contributed by atoms with Crippen molar-refractivity contribution in [3.8, 4) is 0 Å². The third kappa shape index (κ3) is 3.28. The summed E-state index contributed by atoms with van der Waals surface area (Å²) in [6.07, 6.45) is 1.55. The van der Waals surface area contributed by atoms with E-state index < -0.39 is 6.10 Å². The van der Waals surface area contributed by atoms with Crippen molar-refractivity contribution in [2.24, 2.45) is 0 Å². The van der Waals surface area contributed by atoms with Crippen molar-refractivity contribution in [2.45, 2.75) is 38.8 Å². The van der Waals surface area contributed by atoms with E-state index in [0.717, 1.165) is 11.4 Å². The summed E-state index contributed by atoms with van der Waals surface area (Å²) >= 11 is 6.07. The van der Waals surface area contributed by atoms with E-state index in [2.05, 4.69) is 9.88 Å². The third-order valence-electron chi connectivity index (χ3n) is 4.36. The first kappa shape index (κ1) is 16.1. The smallest absolute Gasteiger partial charge is 0.253 e. The number of carbonyl (C=O) groups is 1. The number of carbonyl (C=O) groups excluding carboxylic acids is 1. The fourth-order valence-corrected chi connectivity index (χ4v) is 3.30. The van der Waals surface area contributed by atoms with Crippen LogP contribution in [0, 0.1) is 13.8 Å². The van der Waals surface area contributed by atoms with Crippen molar-refractivity contribution in [1.29, 1.82) is 0 Å². The fourth-order valence-electron chi connectivity index (χ4n) is 3.04. The first-order valence-electron chi connectivity index (χ1n) is 7.88. The van der Waals surface area contributed by atoms with E-state index in [9.17, 15) is 9.90 Å². The Morgan fingerprint density at radius 2 is 2.09 bits per heavy atom. The van der Waals surface area contributed by atoms with Crippen LogP contribution in [0.3, 0.4) is 0 Å². The van der Waals surface area contributed by atoms with Gasteiger partial charge in [0.1, 0.15) is 0 Å². The van der Waals surface area contributed by atoms with Crippen molar-refractivity contribution in [3.63, 3.8) is 0 Å². The van der Waals surface area contributed by atoms with E-state index in [-0.39, 0.29) is 12.5 Å². The maximum Gasteiger partial charge on any atom is 0.253 e. The monoisotopic (exact) mass is 332 g/mol. The third-order valence-corrected chi connectivity index (χ3v) is 4.71. The Kier molecular flexibility index (Phi) is 4.46. The van der Waals surface area contributed by atoms with Crippen molar-refractivity contribution >= 4 is 17.5 Å². The van der Waals surface area contributed by atoms with Crippen LogP contribution in [0.4, 0.5) is 0 Å². The number of nitrogens with one attached hydrogen (secondary N) is 1. The molecule has 1 aliphatic carbocycles. The van der Waals surface area contributed by atoms with Gasteiger partial charge in [-0.3, -0.25) is 4.79 Å². The van der Waals surface area contributed by atoms with Gasteiger partial charge in [0.05, 0.1) is 11.7 Å². The lowest BCUT2D eigenvalue weighted by Gasteiger charge is -2.14. The largest absolute Gasteiger partial charge is 0.387 e. The second-order valence-corrected chi connectivity index (χ2v) is 6.54. The summed E-state index contributed by atoms with van der Waals surface area (Å²) in [4.78, 5) is 12.4. The Hall–Kier alpha value is -1.78. The van der Waals surface area contributed by atoms with Crippen LogP contribution in [-0.2, 0) is 0 Å². The molecule has 1 aromatic heterocycles. The first-order valence-corrected chi connectivity index (χ1v) is 8.26. The number of aliphatic hydroxyl groups is 1. The molecule has 2 N–H and O–H groups in total. The van der Waals surface area contributed by atoms with Crippen LogP contribution < -0.4 is 5.32 Å². The minimum Gasteiger partial charge on any atom is -0.387 e. The van der Waals surface area contributed by atoms with Crippen molar-refractivity contribution in [3.05, 3.63) is 57.9 Å². The zero-order chi connectivity index (χ0) is 16.6. The number of hydrogen-bond donors (Lipinski definition) is 2. The van der Waals surface area contributed by atoms with Gasteiger partial charge >= 0.3 is 0 Å².